The van der Waals surface area contributed by atoms with Crippen molar-refractivity contribution in [3.05, 3.63) is 64.2 Å². The molecule has 0 fully saturated rings. The average molecular weight is 382 g/mol. The summed E-state index contributed by atoms with van der Waals surface area (Å²) in [7, 11) is -1.23. The number of hydrogen-bond donors (Lipinski definition) is 4. The van der Waals surface area contributed by atoms with Crippen LogP contribution in [0.3, 0.4) is 0 Å². The molecule has 146 valence electrons. The van der Waals surface area contributed by atoms with Gasteiger partial charge in [0.15, 0.2) is 0 Å². The minimum absolute atomic E-state index is 0.00825. The summed E-state index contributed by atoms with van der Waals surface area (Å²) in [6.45, 7) is 0.724. The molecular formula is C20H23BN2O5. The van der Waals surface area contributed by atoms with Crippen molar-refractivity contribution < 1.29 is 24.4 Å². The van der Waals surface area contributed by atoms with E-state index in [9.17, 15) is 19.7 Å². The van der Waals surface area contributed by atoms with Gasteiger partial charge in [0.1, 0.15) is 11.5 Å². The average Bonchev–Trinajstić information content (AvgIpc) is 2.68. The van der Waals surface area contributed by atoms with Crippen LogP contribution in [0, 0.1) is 0 Å². The summed E-state index contributed by atoms with van der Waals surface area (Å²) in [5.41, 5.74) is 14.8. The van der Waals surface area contributed by atoms with Crippen LogP contribution in [0.4, 0.5) is 0 Å². The summed E-state index contributed by atoms with van der Waals surface area (Å²) in [5, 5.41) is 19.6. The molecule has 0 amide bonds. The van der Waals surface area contributed by atoms with Crippen LogP contribution in [0.15, 0.2) is 36.4 Å². The third-order valence-electron chi connectivity index (χ3n) is 5.05. The molecular weight excluding hydrogens is 359 g/mol. The number of hydrogen-bond acceptors (Lipinski definition) is 6. The van der Waals surface area contributed by atoms with E-state index in [0.717, 1.165) is 16.7 Å². The molecule has 0 unspecified atom stereocenters. The van der Waals surface area contributed by atoms with Gasteiger partial charge >= 0.3 is 13.1 Å². The van der Waals surface area contributed by atoms with Crippen LogP contribution < -0.4 is 16.1 Å². The van der Waals surface area contributed by atoms with Gasteiger partial charge in [0.2, 0.25) is 0 Å². The lowest BCUT2D eigenvalue weighted by Gasteiger charge is -2.28. The van der Waals surface area contributed by atoms with E-state index in [2.05, 4.69) is 0 Å². The number of Topliss-reactive ketones (excluding diaryl/α,β-unsaturated/α-hetero) is 1. The largest absolute Gasteiger partial charge is 0.535 e. The fraction of sp³-hybridized carbons (Fsp3) is 0.300. The number of carbonyl (C=O) groups is 2. The number of ketones is 1. The first kappa shape index (κ1) is 20.1. The molecule has 1 heterocycles. The van der Waals surface area contributed by atoms with E-state index in [1.54, 1.807) is 12.1 Å². The van der Waals surface area contributed by atoms with Gasteiger partial charge in [-0.1, -0.05) is 30.3 Å². The van der Waals surface area contributed by atoms with Crippen LogP contribution in [0.2, 0.25) is 5.82 Å². The fourth-order valence-corrected chi connectivity index (χ4v) is 3.57. The number of rotatable bonds is 7. The van der Waals surface area contributed by atoms with Crippen molar-refractivity contribution in [1.29, 1.82) is 0 Å². The number of fused-ring (bicyclic) bond motifs is 1. The number of nitrogens with two attached hydrogens (primary N) is 2. The number of carboxylic acid groups (broad SMARTS) is 1. The molecule has 2 aromatic rings. The minimum atomic E-state index is -1.23. The standard InChI is InChI=1S/C20H23BN2O5/c22-10-12-4-5-13(15(6-12)11-23)8-17(24)9-16-7-14-2-1-3-18(20(25)26)19(14)28-21(16)27/h1-6,16,27H,7-11,22-23H2,(H,25,26)/t16-/m1/s1. The SMILES string of the molecule is NCc1ccc(CC(=O)C[C@H]2Cc3cccc(C(=O)O)c3OB2O)c(CN)c1. The maximum Gasteiger partial charge on any atom is 0.526 e. The fourth-order valence-electron chi connectivity index (χ4n) is 3.57. The van der Waals surface area contributed by atoms with Crippen molar-refractivity contribution in [3.63, 3.8) is 0 Å². The third-order valence-corrected chi connectivity index (χ3v) is 5.05. The van der Waals surface area contributed by atoms with E-state index >= 15 is 0 Å². The first-order valence-corrected chi connectivity index (χ1v) is 9.15. The van der Waals surface area contributed by atoms with E-state index < -0.39 is 18.9 Å². The Labute approximate surface area is 163 Å². The lowest BCUT2D eigenvalue weighted by atomic mass is 9.64. The minimum Gasteiger partial charge on any atom is -0.535 e. The molecule has 0 spiro atoms. The highest BCUT2D eigenvalue weighted by atomic mass is 16.5. The maximum absolute atomic E-state index is 12.6. The second-order valence-electron chi connectivity index (χ2n) is 7.00. The summed E-state index contributed by atoms with van der Waals surface area (Å²) >= 11 is 0. The van der Waals surface area contributed by atoms with Crippen molar-refractivity contribution in [3.8, 4) is 5.75 Å². The third kappa shape index (κ3) is 4.25. The molecule has 1 aliphatic rings. The van der Waals surface area contributed by atoms with Crippen LogP contribution in [0.25, 0.3) is 0 Å². The first-order chi connectivity index (χ1) is 13.4. The Morgan fingerprint density at radius 3 is 2.61 bits per heavy atom. The van der Waals surface area contributed by atoms with Gasteiger partial charge in [0, 0.05) is 31.7 Å². The van der Waals surface area contributed by atoms with Gasteiger partial charge in [-0.05, 0) is 34.7 Å². The topological polar surface area (TPSA) is 136 Å². The second kappa shape index (κ2) is 8.56. The zero-order valence-electron chi connectivity index (χ0n) is 15.4. The van der Waals surface area contributed by atoms with Crippen molar-refractivity contribution in [2.45, 2.75) is 38.2 Å². The van der Waals surface area contributed by atoms with Crippen molar-refractivity contribution >= 4 is 18.9 Å². The lowest BCUT2D eigenvalue weighted by Crippen LogP contribution is -2.36. The summed E-state index contributed by atoms with van der Waals surface area (Å²) < 4.78 is 5.45. The van der Waals surface area contributed by atoms with Gasteiger partial charge < -0.3 is 26.3 Å². The molecule has 28 heavy (non-hydrogen) atoms. The Kier molecular flexibility index (Phi) is 6.13. The van der Waals surface area contributed by atoms with Gasteiger partial charge in [-0.3, -0.25) is 4.79 Å². The van der Waals surface area contributed by atoms with Gasteiger partial charge in [-0.15, -0.1) is 0 Å². The summed E-state index contributed by atoms with van der Waals surface area (Å²) in [4.78, 5) is 23.9. The van der Waals surface area contributed by atoms with Gasteiger partial charge in [-0.2, -0.15) is 0 Å². The van der Waals surface area contributed by atoms with Gasteiger partial charge in [-0.25, -0.2) is 4.79 Å². The van der Waals surface area contributed by atoms with Crippen LogP contribution in [-0.2, 0) is 30.7 Å². The molecule has 0 bridgehead atoms. The van der Waals surface area contributed by atoms with E-state index in [4.69, 9.17) is 16.1 Å². The quantitative estimate of drug-likeness (QED) is 0.530. The Morgan fingerprint density at radius 2 is 1.93 bits per heavy atom. The summed E-state index contributed by atoms with van der Waals surface area (Å²) in [6, 6.07) is 10.5. The number of para-hydroxylation sites is 1. The number of carboxylic acids is 1. The molecule has 0 aromatic heterocycles. The van der Waals surface area contributed by atoms with E-state index in [-0.39, 0.29) is 29.9 Å². The molecule has 1 aliphatic heterocycles. The molecule has 0 radical (unpaired) electrons. The molecule has 0 saturated heterocycles. The highest BCUT2D eigenvalue weighted by Crippen LogP contribution is 2.36. The number of carbonyl (C=O) groups excluding carboxylic acids is 1. The van der Waals surface area contributed by atoms with E-state index in [0.29, 0.717) is 25.1 Å². The molecule has 1 atom stereocenters. The smallest absolute Gasteiger partial charge is 0.526 e. The Morgan fingerprint density at radius 1 is 1.14 bits per heavy atom. The maximum atomic E-state index is 12.6. The Balaban J connectivity index is 1.72. The summed E-state index contributed by atoms with van der Waals surface area (Å²) in [6.07, 6.45) is 0.711. The molecule has 6 N–H and O–H groups in total. The number of benzene rings is 2. The molecule has 2 aromatic carbocycles. The first-order valence-electron chi connectivity index (χ1n) is 9.15. The monoisotopic (exact) mass is 382 g/mol. The zero-order valence-corrected chi connectivity index (χ0v) is 15.4. The molecule has 8 heteroatoms. The van der Waals surface area contributed by atoms with E-state index in [1.807, 2.05) is 18.2 Å². The van der Waals surface area contributed by atoms with Crippen LogP contribution in [0.1, 0.15) is 39.0 Å². The van der Waals surface area contributed by atoms with Crippen molar-refractivity contribution in [1.82, 2.24) is 0 Å². The van der Waals surface area contributed by atoms with Crippen LogP contribution in [-0.4, -0.2) is 29.0 Å². The van der Waals surface area contributed by atoms with Gasteiger partial charge in [0.05, 0.1) is 5.56 Å². The second-order valence-corrected chi connectivity index (χ2v) is 7.00. The van der Waals surface area contributed by atoms with Crippen LogP contribution in [0.5, 0.6) is 5.75 Å². The molecule has 3 rings (SSSR count). The van der Waals surface area contributed by atoms with Crippen LogP contribution >= 0.6 is 0 Å². The highest BCUT2D eigenvalue weighted by molar-refractivity contribution is 6.47. The Bertz CT molecular complexity index is 902. The molecule has 0 saturated carbocycles. The Hall–Kier alpha value is -2.68. The zero-order chi connectivity index (χ0) is 20.3. The normalized spacial score (nSPS) is 15.7. The predicted molar refractivity (Wildman–Crippen MR) is 105 cm³/mol. The summed E-state index contributed by atoms with van der Waals surface area (Å²) in [5.74, 6) is -1.42. The van der Waals surface area contributed by atoms with Gasteiger partial charge in [0.25, 0.3) is 0 Å². The molecule has 0 aliphatic carbocycles. The number of aromatic carboxylic acids is 1. The van der Waals surface area contributed by atoms with Crippen molar-refractivity contribution in [2.24, 2.45) is 11.5 Å². The predicted octanol–water partition coefficient (Wildman–Crippen LogP) is 1.29. The van der Waals surface area contributed by atoms with Crippen molar-refractivity contribution in [2.75, 3.05) is 0 Å². The molecule has 7 nitrogen and oxygen atoms in total. The lowest BCUT2D eigenvalue weighted by molar-refractivity contribution is -0.118. The van der Waals surface area contributed by atoms with E-state index in [1.165, 1.54) is 6.07 Å². The highest BCUT2D eigenvalue weighted by Gasteiger charge is 2.37.